The van der Waals surface area contributed by atoms with Crippen molar-refractivity contribution in [2.24, 2.45) is 0 Å². The molecule has 2 heteroatoms. The van der Waals surface area contributed by atoms with E-state index in [1.165, 1.54) is 18.4 Å². The van der Waals surface area contributed by atoms with Crippen LogP contribution in [0.15, 0.2) is 18.2 Å². The van der Waals surface area contributed by atoms with Crippen molar-refractivity contribution in [1.29, 1.82) is 0 Å². The van der Waals surface area contributed by atoms with Gasteiger partial charge in [-0.3, -0.25) is 0 Å². The molecule has 1 saturated carbocycles. The summed E-state index contributed by atoms with van der Waals surface area (Å²) in [5.74, 6) is 0.393. The zero-order chi connectivity index (χ0) is 10.2. The van der Waals surface area contributed by atoms with Crippen LogP contribution >= 0.6 is 0 Å². The third-order valence-corrected chi connectivity index (χ3v) is 3.15. The molecule has 2 nitrogen and oxygen atoms in total. The van der Waals surface area contributed by atoms with Gasteiger partial charge in [-0.05, 0) is 37.0 Å². The topological polar surface area (TPSA) is 29.5 Å². The van der Waals surface area contributed by atoms with Crippen molar-refractivity contribution in [3.63, 3.8) is 0 Å². The molecule has 0 heterocycles. The van der Waals surface area contributed by atoms with Gasteiger partial charge in [0.25, 0.3) is 0 Å². The van der Waals surface area contributed by atoms with Crippen molar-refractivity contribution in [3.05, 3.63) is 29.3 Å². The van der Waals surface area contributed by atoms with E-state index in [2.05, 4.69) is 6.07 Å². The Kier molecular flexibility index (Phi) is 2.23. The number of hydrogen-bond acceptors (Lipinski definition) is 2. The van der Waals surface area contributed by atoms with E-state index in [1.807, 2.05) is 13.0 Å². The van der Waals surface area contributed by atoms with Crippen LogP contribution in [0.3, 0.4) is 0 Å². The maximum Gasteiger partial charge on any atom is 0.118 e. The summed E-state index contributed by atoms with van der Waals surface area (Å²) in [4.78, 5) is 0. The Hall–Kier alpha value is -1.02. The summed E-state index contributed by atoms with van der Waals surface area (Å²) in [5, 5.41) is 9.62. The summed E-state index contributed by atoms with van der Waals surface area (Å²) in [5.41, 5.74) is 2.44. The van der Waals surface area contributed by atoms with Crippen LogP contribution < -0.4 is 0 Å². The minimum absolute atomic E-state index is 0.192. The monoisotopic (exact) mass is 192 g/mol. The maximum absolute atomic E-state index is 9.62. The summed E-state index contributed by atoms with van der Waals surface area (Å²) in [6.45, 7) is 2.73. The zero-order valence-corrected chi connectivity index (χ0v) is 8.71. The molecule has 1 aliphatic carbocycles. The minimum atomic E-state index is 0.192. The van der Waals surface area contributed by atoms with Gasteiger partial charge in [0.1, 0.15) is 5.75 Å². The van der Waals surface area contributed by atoms with Gasteiger partial charge >= 0.3 is 0 Å². The SMILES string of the molecule is COCC1(c2cccc(O)c2C)CC1. The van der Waals surface area contributed by atoms with Crippen LogP contribution in [0.2, 0.25) is 0 Å². The number of methoxy groups -OCH3 is 1. The second-order valence-electron chi connectivity index (χ2n) is 4.16. The van der Waals surface area contributed by atoms with Crippen molar-refractivity contribution in [3.8, 4) is 5.75 Å². The lowest BCUT2D eigenvalue weighted by atomic mass is 9.92. The quantitative estimate of drug-likeness (QED) is 0.796. The van der Waals surface area contributed by atoms with Crippen LogP contribution in [0.25, 0.3) is 0 Å². The molecule has 2 rings (SSSR count). The lowest BCUT2D eigenvalue weighted by Gasteiger charge is -2.17. The Morgan fingerprint density at radius 3 is 2.71 bits per heavy atom. The van der Waals surface area contributed by atoms with Gasteiger partial charge in [0.05, 0.1) is 6.61 Å². The average molecular weight is 192 g/mol. The van der Waals surface area contributed by atoms with Gasteiger partial charge in [-0.2, -0.15) is 0 Å². The summed E-state index contributed by atoms with van der Waals surface area (Å²) in [6, 6.07) is 5.75. The standard InChI is InChI=1S/C12H16O2/c1-9-10(4-3-5-11(9)13)12(6-7-12)8-14-2/h3-5,13H,6-8H2,1-2H3. The summed E-state index contributed by atoms with van der Waals surface area (Å²) < 4.78 is 5.24. The minimum Gasteiger partial charge on any atom is -0.508 e. The predicted octanol–water partition coefficient (Wildman–Crippen LogP) is 2.38. The van der Waals surface area contributed by atoms with Gasteiger partial charge in [0, 0.05) is 12.5 Å². The highest BCUT2D eigenvalue weighted by atomic mass is 16.5. The molecule has 0 aromatic heterocycles. The van der Waals surface area contributed by atoms with E-state index >= 15 is 0 Å². The number of rotatable bonds is 3. The highest BCUT2D eigenvalue weighted by molar-refractivity contribution is 5.45. The molecule has 0 spiro atoms. The van der Waals surface area contributed by atoms with Crippen LogP contribution in [0.4, 0.5) is 0 Å². The van der Waals surface area contributed by atoms with E-state index in [1.54, 1.807) is 13.2 Å². The molecule has 0 saturated heterocycles. The fraction of sp³-hybridized carbons (Fsp3) is 0.500. The molecule has 1 N–H and O–H groups in total. The van der Waals surface area contributed by atoms with Gasteiger partial charge in [0.2, 0.25) is 0 Å². The molecule has 1 aromatic rings. The summed E-state index contributed by atoms with van der Waals surface area (Å²) in [6.07, 6.45) is 2.34. The zero-order valence-electron chi connectivity index (χ0n) is 8.71. The Balaban J connectivity index is 2.37. The van der Waals surface area contributed by atoms with Gasteiger partial charge in [-0.1, -0.05) is 12.1 Å². The van der Waals surface area contributed by atoms with E-state index in [0.717, 1.165) is 12.2 Å². The van der Waals surface area contributed by atoms with Crippen LogP contribution in [0.1, 0.15) is 24.0 Å². The molecular formula is C12H16O2. The van der Waals surface area contributed by atoms with Crippen molar-refractivity contribution < 1.29 is 9.84 Å². The number of ether oxygens (including phenoxy) is 1. The van der Waals surface area contributed by atoms with E-state index < -0.39 is 0 Å². The van der Waals surface area contributed by atoms with Gasteiger partial charge < -0.3 is 9.84 Å². The molecule has 0 atom stereocenters. The lowest BCUT2D eigenvalue weighted by Crippen LogP contribution is -2.15. The maximum atomic E-state index is 9.62. The average Bonchev–Trinajstić information content (AvgIpc) is 2.91. The summed E-state index contributed by atoms with van der Waals surface area (Å²) >= 11 is 0. The number of aromatic hydroxyl groups is 1. The largest absolute Gasteiger partial charge is 0.508 e. The van der Waals surface area contributed by atoms with Crippen molar-refractivity contribution in [2.75, 3.05) is 13.7 Å². The molecule has 0 unspecified atom stereocenters. The normalized spacial score (nSPS) is 18.1. The summed E-state index contributed by atoms with van der Waals surface area (Å²) in [7, 11) is 1.73. The smallest absolute Gasteiger partial charge is 0.118 e. The van der Waals surface area contributed by atoms with Gasteiger partial charge in [-0.15, -0.1) is 0 Å². The van der Waals surface area contributed by atoms with Crippen LogP contribution in [-0.2, 0) is 10.2 Å². The van der Waals surface area contributed by atoms with Gasteiger partial charge in [0.15, 0.2) is 0 Å². The van der Waals surface area contributed by atoms with Crippen molar-refractivity contribution in [2.45, 2.75) is 25.2 Å². The van der Waals surface area contributed by atoms with E-state index in [0.29, 0.717) is 5.75 Å². The lowest BCUT2D eigenvalue weighted by molar-refractivity contribution is 0.171. The molecular weight excluding hydrogens is 176 g/mol. The van der Waals surface area contributed by atoms with Crippen LogP contribution in [0.5, 0.6) is 5.75 Å². The molecule has 76 valence electrons. The second-order valence-corrected chi connectivity index (χ2v) is 4.16. The number of hydrogen-bond donors (Lipinski definition) is 1. The Labute approximate surface area is 84.5 Å². The molecule has 1 aliphatic rings. The molecule has 1 aromatic carbocycles. The predicted molar refractivity (Wildman–Crippen MR) is 55.6 cm³/mol. The van der Waals surface area contributed by atoms with Gasteiger partial charge in [-0.25, -0.2) is 0 Å². The van der Waals surface area contributed by atoms with Crippen LogP contribution in [-0.4, -0.2) is 18.8 Å². The molecule has 0 radical (unpaired) electrons. The molecule has 0 aliphatic heterocycles. The highest BCUT2D eigenvalue weighted by Crippen LogP contribution is 2.50. The van der Waals surface area contributed by atoms with Crippen molar-refractivity contribution in [1.82, 2.24) is 0 Å². The third kappa shape index (κ3) is 1.40. The fourth-order valence-electron chi connectivity index (χ4n) is 2.12. The molecule has 0 bridgehead atoms. The molecule has 0 amide bonds. The number of phenolic OH excluding ortho intramolecular Hbond substituents is 1. The highest BCUT2D eigenvalue weighted by Gasteiger charge is 2.45. The van der Waals surface area contributed by atoms with E-state index in [4.69, 9.17) is 4.74 Å². The molecule has 14 heavy (non-hydrogen) atoms. The number of phenols is 1. The van der Waals surface area contributed by atoms with E-state index in [9.17, 15) is 5.11 Å². The Morgan fingerprint density at radius 2 is 2.14 bits per heavy atom. The first kappa shape index (κ1) is 9.53. The fourth-order valence-corrected chi connectivity index (χ4v) is 2.12. The Morgan fingerprint density at radius 1 is 1.43 bits per heavy atom. The first-order valence-corrected chi connectivity index (χ1v) is 4.98. The third-order valence-electron chi connectivity index (χ3n) is 3.15. The number of benzene rings is 1. The molecule has 1 fully saturated rings. The van der Waals surface area contributed by atoms with Crippen molar-refractivity contribution >= 4 is 0 Å². The van der Waals surface area contributed by atoms with Crippen LogP contribution in [0, 0.1) is 6.92 Å². The second kappa shape index (κ2) is 3.28. The Bertz CT molecular complexity index is 340. The first-order valence-electron chi connectivity index (χ1n) is 4.98. The van der Waals surface area contributed by atoms with E-state index in [-0.39, 0.29) is 5.41 Å². The first-order chi connectivity index (χ1) is 6.69.